The Bertz CT molecular complexity index is 535. The van der Waals surface area contributed by atoms with Crippen molar-refractivity contribution in [2.75, 3.05) is 22.9 Å². The molecule has 0 aliphatic rings. The van der Waals surface area contributed by atoms with E-state index in [1.165, 1.54) is 0 Å². The first kappa shape index (κ1) is 18.9. The Morgan fingerprint density at radius 1 is 0.818 bits per heavy atom. The van der Waals surface area contributed by atoms with Crippen molar-refractivity contribution in [3.8, 4) is 0 Å². The Labute approximate surface area is 129 Å². The van der Waals surface area contributed by atoms with Crippen LogP contribution in [0.3, 0.4) is 0 Å². The molecule has 7 nitrogen and oxygen atoms in total. The van der Waals surface area contributed by atoms with Gasteiger partial charge in [0.15, 0.2) is 0 Å². The van der Waals surface area contributed by atoms with Crippen LogP contribution in [0.25, 0.3) is 0 Å². The third-order valence-electron chi connectivity index (χ3n) is 2.72. The number of amides is 1. The van der Waals surface area contributed by atoms with Gasteiger partial charge in [0.05, 0.1) is 22.7 Å². The minimum absolute atomic E-state index is 0.662. The monoisotopic (exact) mass is 305 g/mol. The summed E-state index contributed by atoms with van der Waals surface area (Å²) in [7, 11) is 0. The molecule has 11 N–H and O–H groups in total. The number of anilines is 4. The number of benzene rings is 2. The second-order valence-electron chi connectivity index (χ2n) is 4.49. The van der Waals surface area contributed by atoms with Gasteiger partial charge in [-0.25, -0.2) is 4.79 Å². The summed E-state index contributed by atoms with van der Waals surface area (Å²) < 4.78 is 0. The van der Waals surface area contributed by atoms with Crippen LogP contribution >= 0.6 is 0 Å². The fraction of sp³-hybridized carbons (Fsp3) is 0.133. The zero-order valence-corrected chi connectivity index (χ0v) is 12.7. The van der Waals surface area contributed by atoms with E-state index in [0.29, 0.717) is 22.7 Å². The molecule has 0 aliphatic heterocycles. The maximum absolute atomic E-state index is 8.78. The van der Waals surface area contributed by atoms with Crippen LogP contribution in [-0.4, -0.2) is 11.2 Å². The molecule has 0 aliphatic carbocycles. The zero-order valence-electron chi connectivity index (χ0n) is 12.7. The number of rotatable bonds is 0. The van der Waals surface area contributed by atoms with Gasteiger partial charge in [-0.1, -0.05) is 24.3 Å². The van der Waals surface area contributed by atoms with Crippen molar-refractivity contribution in [3.05, 3.63) is 47.5 Å². The summed E-state index contributed by atoms with van der Waals surface area (Å²) >= 11 is 0. The van der Waals surface area contributed by atoms with Gasteiger partial charge >= 0.3 is 6.09 Å². The minimum Gasteiger partial charge on any atom is -0.465 e. The highest BCUT2D eigenvalue weighted by molar-refractivity contribution is 5.67. The molecule has 0 saturated carbocycles. The molecular formula is C15H23N5O2. The molecule has 7 heteroatoms. The highest BCUT2D eigenvalue weighted by atomic mass is 16.4. The predicted molar refractivity (Wildman–Crippen MR) is 92.2 cm³/mol. The van der Waals surface area contributed by atoms with Crippen LogP contribution in [0.2, 0.25) is 0 Å². The van der Waals surface area contributed by atoms with E-state index in [4.69, 9.17) is 32.8 Å². The average molecular weight is 305 g/mol. The number of nitrogen functional groups attached to an aromatic ring is 4. The number of hydrogen-bond acceptors (Lipinski definition) is 5. The van der Waals surface area contributed by atoms with Crippen molar-refractivity contribution in [1.82, 2.24) is 0 Å². The van der Waals surface area contributed by atoms with Gasteiger partial charge < -0.3 is 33.8 Å². The maximum Gasteiger partial charge on any atom is 0.402 e. The fourth-order valence-corrected chi connectivity index (χ4v) is 1.41. The lowest BCUT2D eigenvalue weighted by atomic mass is 10.2. The van der Waals surface area contributed by atoms with E-state index >= 15 is 0 Å². The Morgan fingerprint density at radius 2 is 1.09 bits per heavy atom. The minimum atomic E-state index is -1.33. The number of carboxylic acid groups (broad SMARTS) is 1. The quantitative estimate of drug-likeness (QED) is 0.406. The normalized spacial score (nSPS) is 8.82. The molecule has 0 aromatic heterocycles. The van der Waals surface area contributed by atoms with Gasteiger partial charge in [-0.2, -0.15) is 0 Å². The standard InChI is InChI=1S/2C7H10N2.CH3NO2/c2*1-5-3-2-4-6(8)7(5)9;2-1(3)4/h2*2-4H,8-9H2,1H3;2H2,(H,3,4). The Hall–Kier alpha value is -3.09. The average Bonchev–Trinajstić information content (AvgIpc) is 2.42. The van der Waals surface area contributed by atoms with Crippen LogP contribution in [0, 0.1) is 13.8 Å². The topological polar surface area (TPSA) is 167 Å². The van der Waals surface area contributed by atoms with Crippen LogP contribution in [0.5, 0.6) is 0 Å². The Kier molecular flexibility index (Phi) is 7.70. The first-order valence-electron chi connectivity index (χ1n) is 6.36. The van der Waals surface area contributed by atoms with Crippen molar-refractivity contribution in [1.29, 1.82) is 0 Å². The van der Waals surface area contributed by atoms with Crippen molar-refractivity contribution in [2.24, 2.45) is 5.73 Å². The third kappa shape index (κ3) is 6.90. The molecule has 2 aromatic carbocycles. The number of aryl methyl sites for hydroxylation is 2. The van der Waals surface area contributed by atoms with Gasteiger partial charge in [-0.3, -0.25) is 0 Å². The van der Waals surface area contributed by atoms with Crippen LogP contribution in [0.15, 0.2) is 36.4 Å². The highest BCUT2D eigenvalue weighted by Crippen LogP contribution is 2.17. The number of hydrogen-bond donors (Lipinski definition) is 6. The van der Waals surface area contributed by atoms with Crippen molar-refractivity contribution in [2.45, 2.75) is 13.8 Å². The summed E-state index contributed by atoms with van der Waals surface area (Å²) in [5.41, 5.74) is 30.9. The first-order valence-corrected chi connectivity index (χ1v) is 6.36. The van der Waals surface area contributed by atoms with E-state index in [1.54, 1.807) is 12.1 Å². The van der Waals surface area contributed by atoms with Crippen LogP contribution in [-0.2, 0) is 0 Å². The summed E-state index contributed by atoms with van der Waals surface area (Å²) in [6.07, 6.45) is -1.33. The maximum atomic E-state index is 8.78. The second kappa shape index (κ2) is 8.96. The summed E-state index contributed by atoms with van der Waals surface area (Å²) in [5.74, 6) is 0. The summed E-state index contributed by atoms with van der Waals surface area (Å²) in [6.45, 7) is 3.87. The zero-order chi connectivity index (χ0) is 17.3. The van der Waals surface area contributed by atoms with Crippen LogP contribution < -0.4 is 28.7 Å². The van der Waals surface area contributed by atoms with E-state index < -0.39 is 6.09 Å². The van der Waals surface area contributed by atoms with Crippen LogP contribution in [0.1, 0.15) is 11.1 Å². The molecule has 0 radical (unpaired) electrons. The number of para-hydroxylation sites is 2. The summed E-state index contributed by atoms with van der Waals surface area (Å²) in [5, 5.41) is 7.19. The van der Waals surface area contributed by atoms with Gasteiger partial charge in [0.2, 0.25) is 0 Å². The fourth-order valence-electron chi connectivity index (χ4n) is 1.41. The Morgan fingerprint density at radius 3 is 1.27 bits per heavy atom. The smallest absolute Gasteiger partial charge is 0.402 e. The molecule has 0 atom stereocenters. The van der Waals surface area contributed by atoms with E-state index in [2.05, 4.69) is 5.73 Å². The van der Waals surface area contributed by atoms with E-state index in [1.807, 2.05) is 38.1 Å². The third-order valence-corrected chi connectivity index (χ3v) is 2.72. The lowest BCUT2D eigenvalue weighted by molar-refractivity contribution is 0.205. The molecule has 2 rings (SSSR count). The molecule has 0 saturated heterocycles. The van der Waals surface area contributed by atoms with E-state index in [9.17, 15) is 0 Å². The molecule has 22 heavy (non-hydrogen) atoms. The van der Waals surface area contributed by atoms with Crippen LogP contribution in [0.4, 0.5) is 27.5 Å². The van der Waals surface area contributed by atoms with Crippen molar-refractivity contribution < 1.29 is 9.90 Å². The molecule has 0 fully saturated rings. The van der Waals surface area contributed by atoms with Gasteiger partial charge in [0.1, 0.15) is 0 Å². The Balaban J connectivity index is 0.000000326. The number of carbonyl (C=O) groups is 1. The molecule has 0 spiro atoms. The lowest BCUT2D eigenvalue weighted by Gasteiger charge is -2.00. The molecule has 0 heterocycles. The number of nitrogens with two attached hydrogens (primary N) is 5. The van der Waals surface area contributed by atoms with Crippen molar-refractivity contribution in [3.63, 3.8) is 0 Å². The van der Waals surface area contributed by atoms with Gasteiger partial charge in [0, 0.05) is 0 Å². The summed E-state index contributed by atoms with van der Waals surface area (Å²) in [4.78, 5) is 8.78. The van der Waals surface area contributed by atoms with Gasteiger partial charge in [-0.05, 0) is 37.1 Å². The van der Waals surface area contributed by atoms with Gasteiger partial charge in [0.25, 0.3) is 0 Å². The largest absolute Gasteiger partial charge is 0.465 e. The molecule has 0 bridgehead atoms. The molecule has 1 amide bonds. The van der Waals surface area contributed by atoms with Crippen molar-refractivity contribution >= 4 is 28.8 Å². The lowest BCUT2D eigenvalue weighted by Crippen LogP contribution is -2.03. The van der Waals surface area contributed by atoms with E-state index in [0.717, 1.165) is 11.1 Å². The predicted octanol–water partition coefficient (Wildman–Crippen LogP) is 1.94. The number of primary amides is 1. The highest BCUT2D eigenvalue weighted by Gasteiger charge is 1.94. The molecule has 2 aromatic rings. The molecule has 0 unspecified atom stereocenters. The van der Waals surface area contributed by atoms with Gasteiger partial charge in [-0.15, -0.1) is 0 Å². The SMILES string of the molecule is Cc1cccc(N)c1N.Cc1cccc(N)c1N.NC(=O)O. The van der Waals surface area contributed by atoms with E-state index in [-0.39, 0.29) is 0 Å². The molecule has 120 valence electrons. The molecular weight excluding hydrogens is 282 g/mol. The summed E-state index contributed by atoms with van der Waals surface area (Å²) in [6, 6.07) is 11.2. The second-order valence-corrected chi connectivity index (χ2v) is 4.49. The first-order chi connectivity index (χ1) is 10.2.